The van der Waals surface area contributed by atoms with Crippen molar-refractivity contribution in [3.8, 4) is 0 Å². The second-order valence-corrected chi connectivity index (χ2v) is 6.25. The molecule has 0 rings (SSSR count). The van der Waals surface area contributed by atoms with Gasteiger partial charge < -0.3 is 16.8 Å². The number of nitrogens with one attached hydrogen (secondary N) is 2. The van der Waals surface area contributed by atoms with Crippen molar-refractivity contribution in [1.82, 2.24) is 5.32 Å². The van der Waals surface area contributed by atoms with E-state index in [1.807, 2.05) is 13.8 Å². The first-order valence-corrected chi connectivity index (χ1v) is 6.85. The van der Waals surface area contributed by atoms with E-state index in [1.165, 1.54) is 6.21 Å². The van der Waals surface area contributed by atoms with Crippen molar-refractivity contribution in [2.24, 2.45) is 28.7 Å². The SMILES string of the molecule is C/C(S)=C(/NCC(C)C(C=[NH2+])C(=N)N)C(C)(C)CN. The van der Waals surface area contributed by atoms with Crippen molar-refractivity contribution < 1.29 is 5.41 Å². The number of allylic oxidation sites excluding steroid dienone is 1. The van der Waals surface area contributed by atoms with E-state index in [2.05, 4.69) is 31.8 Å². The van der Waals surface area contributed by atoms with Gasteiger partial charge in [0.1, 0.15) is 12.1 Å². The number of thiol groups is 1. The van der Waals surface area contributed by atoms with E-state index < -0.39 is 0 Å². The summed E-state index contributed by atoms with van der Waals surface area (Å²) in [7, 11) is 0. The molecular formula is C13H28N5S+. The molecule has 2 unspecified atom stereocenters. The van der Waals surface area contributed by atoms with Gasteiger partial charge in [-0.25, -0.2) is 0 Å². The summed E-state index contributed by atoms with van der Waals surface area (Å²) in [4.78, 5) is 0.916. The number of hydrogen-bond acceptors (Lipinski definition) is 4. The summed E-state index contributed by atoms with van der Waals surface area (Å²) in [5, 5.41) is 16.4. The second-order valence-electron chi connectivity index (χ2n) is 5.58. The van der Waals surface area contributed by atoms with Gasteiger partial charge in [0.05, 0.1) is 5.92 Å². The Hall–Kier alpha value is -1.01. The Morgan fingerprint density at radius 3 is 2.37 bits per heavy atom. The number of hydrogen-bond donors (Lipinski definition) is 6. The van der Waals surface area contributed by atoms with Crippen molar-refractivity contribution in [2.45, 2.75) is 27.7 Å². The van der Waals surface area contributed by atoms with Crippen molar-refractivity contribution in [1.29, 1.82) is 5.41 Å². The van der Waals surface area contributed by atoms with Gasteiger partial charge in [0.15, 0.2) is 0 Å². The summed E-state index contributed by atoms with van der Waals surface area (Å²) < 4.78 is 0. The molecule has 0 spiro atoms. The Morgan fingerprint density at radius 1 is 1.53 bits per heavy atom. The molecule has 0 saturated carbocycles. The first-order valence-electron chi connectivity index (χ1n) is 6.40. The highest BCUT2D eigenvalue weighted by molar-refractivity contribution is 7.84. The fourth-order valence-corrected chi connectivity index (χ4v) is 2.33. The maximum atomic E-state index is 7.50. The predicted octanol–water partition coefficient (Wildman–Crippen LogP) is -0.260. The van der Waals surface area contributed by atoms with E-state index >= 15 is 0 Å². The molecule has 8 N–H and O–H groups in total. The zero-order valence-electron chi connectivity index (χ0n) is 12.3. The summed E-state index contributed by atoms with van der Waals surface area (Å²) in [5.74, 6) is -0.0169. The summed E-state index contributed by atoms with van der Waals surface area (Å²) in [6, 6.07) is 0. The molecule has 5 nitrogen and oxygen atoms in total. The van der Waals surface area contributed by atoms with Crippen molar-refractivity contribution >= 4 is 24.7 Å². The van der Waals surface area contributed by atoms with Crippen LogP contribution in [-0.4, -0.2) is 25.1 Å². The summed E-state index contributed by atoms with van der Waals surface area (Å²) in [6.45, 7) is 9.26. The van der Waals surface area contributed by atoms with Crippen LogP contribution < -0.4 is 22.2 Å². The van der Waals surface area contributed by atoms with Crippen LogP contribution in [0.2, 0.25) is 0 Å². The molecule has 110 valence electrons. The van der Waals surface area contributed by atoms with Crippen LogP contribution in [0.4, 0.5) is 0 Å². The minimum atomic E-state index is -0.227. The smallest absolute Gasteiger partial charge is 0.147 e. The lowest BCUT2D eigenvalue weighted by Gasteiger charge is -2.30. The van der Waals surface area contributed by atoms with Crippen LogP contribution in [0.1, 0.15) is 27.7 Å². The van der Waals surface area contributed by atoms with Gasteiger partial charge in [-0.1, -0.05) is 20.8 Å². The van der Waals surface area contributed by atoms with Gasteiger partial charge in [-0.3, -0.25) is 10.8 Å². The Bertz CT molecular complexity index is 358. The minimum absolute atomic E-state index is 0.0861. The molecule has 0 aliphatic carbocycles. The van der Waals surface area contributed by atoms with E-state index in [4.69, 9.17) is 22.3 Å². The third-order valence-electron chi connectivity index (χ3n) is 3.33. The third kappa shape index (κ3) is 5.24. The lowest BCUT2D eigenvalue weighted by atomic mass is 9.87. The van der Waals surface area contributed by atoms with Gasteiger partial charge in [-0.15, -0.1) is 12.6 Å². The van der Waals surface area contributed by atoms with Crippen LogP contribution in [0.3, 0.4) is 0 Å². The van der Waals surface area contributed by atoms with Gasteiger partial charge in [0, 0.05) is 24.2 Å². The molecule has 0 bridgehead atoms. The molecule has 6 heteroatoms. The van der Waals surface area contributed by atoms with Gasteiger partial charge >= 0.3 is 0 Å². The molecule has 0 saturated heterocycles. The number of nitrogens with two attached hydrogens (primary N) is 3. The monoisotopic (exact) mass is 286 g/mol. The normalized spacial score (nSPS) is 16.3. The van der Waals surface area contributed by atoms with Crippen molar-refractivity contribution in [3.05, 3.63) is 10.6 Å². The largest absolute Gasteiger partial charge is 0.387 e. The van der Waals surface area contributed by atoms with Gasteiger partial charge in [-0.2, -0.15) is 0 Å². The first-order chi connectivity index (χ1) is 8.67. The standard InChI is InChI=1S/C13H27N5S/c1-8(10(5-14)12(16)17)6-18-11(9(2)19)13(3,4)7-15/h5,8,10,14,18-19H,6-7,15H2,1-4H3,(H3,16,17)/p+1/b11-9-,14-5?. The zero-order chi connectivity index (χ0) is 15.2. The number of rotatable bonds is 8. The molecular weight excluding hydrogens is 258 g/mol. The van der Waals surface area contributed by atoms with Crippen LogP contribution in [-0.2, 0) is 0 Å². The van der Waals surface area contributed by atoms with Crippen molar-refractivity contribution in [3.63, 3.8) is 0 Å². The quantitative estimate of drug-likeness (QED) is 0.210. The van der Waals surface area contributed by atoms with Crippen LogP contribution in [0.15, 0.2) is 10.6 Å². The van der Waals surface area contributed by atoms with Gasteiger partial charge in [-0.05, 0) is 17.7 Å². The summed E-state index contributed by atoms with van der Waals surface area (Å²) in [6.07, 6.45) is 1.47. The highest BCUT2D eigenvalue weighted by Crippen LogP contribution is 2.27. The van der Waals surface area contributed by atoms with Gasteiger partial charge in [0.2, 0.25) is 0 Å². The number of amidine groups is 1. The van der Waals surface area contributed by atoms with E-state index in [-0.39, 0.29) is 23.1 Å². The highest BCUT2D eigenvalue weighted by Gasteiger charge is 2.25. The molecule has 0 aromatic carbocycles. The van der Waals surface area contributed by atoms with E-state index in [0.717, 1.165) is 10.6 Å². The van der Waals surface area contributed by atoms with E-state index in [9.17, 15) is 0 Å². The molecule has 0 amide bonds. The summed E-state index contributed by atoms with van der Waals surface area (Å²) in [5.41, 5.74) is 12.2. The van der Waals surface area contributed by atoms with Crippen LogP contribution in [0.5, 0.6) is 0 Å². The van der Waals surface area contributed by atoms with Gasteiger partial charge in [0.25, 0.3) is 0 Å². The molecule has 2 atom stereocenters. The topological polar surface area (TPSA) is 114 Å². The third-order valence-corrected chi connectivity index (χ3v) is 3.55. The highest BCUT2D eigenvalue weighted by atomic mass is 32.1. The fraction of sp³-hybridized carbons (Fsp3) is 0.692. The van der Waals surface area contributed by atoms with Crippen LogP contribution >= 0.6 is 12.6 Å². The lowest BCUT2D eigenvalue weighted by Crippen LogP contribution is -2.44. The van der Waals surface area contributed by atoms with E-state index in [0.29, 0.717) is 13.1 Å². The van der Waals surface area contributed by atoms with Crippen LogP contribution in [0, 0.1) is 22.7 Å². The molecule has 0 heterocycles. The predicted molar refractivity (Wildman–Crippen MR) is 85.1 cm³/mol. The summed E-state index contributed by atoms with van der Waals surface area (Å²) >= 11 is 4.42. The molecule has 0 aliphatic heterocycles. The Balaban J connectivity index is 4.82. The Kier molecular flexibility index (Phi) is 7.15. The van der Waals surface area contributed by atoms with Crippen LogP contribution in [0.25, 0.3) is 0 Å². The Labute approximate surface area is 121 Å². The lowest BCUT2D eigenvalue weighted by molar-refractivity contribution is -0.110. The Morgan fingerprint density at radius 2 is 2.05 bits per heavy atom. The molecule has 0 aliphatic rings. The first kappa shape index (κ1) is 18.0. The molecule has 0 aromatic heterocycles. The fourth-order valence-electron chi connectivity index (χ4n) is 1.95. The average molecular weight is 286 g/mol. The molecule has 19 heavy (non-hydrogen) atoms. The minimum Gasteiger partial charge on any atom is -0.387 e. The second kappa shape index (κ2) is 7.55. The van der Waals surface area contributed by atoms with E-state index in [1.54, 1.807) is 0 Å². The average Bonchev–Trinajstić information content (AvgIpc) is 2.28. The molecule has 0 radical (unpaired) electrons. The molecule has 0 fully saturated rings. The zero-order valence-corrected chi connectivity index (χ0v) is 13.2. The van der Waals surface area contributed by atoms with Crippen molar-refractivity contribution in [2.75, 3.05) is 13.1 Å². The maximum Gasteiger partial charge on any atom is 0.147 e. The maximum absolute atomic E-state index is 7.50. The molecule has 0 aromatic rings.